The van der Waals surface area contributed by atoms with Gasteiger partial charge in [-0.3, -0.25) is 4.79 Å². The van der Waals surface area contributed by atoms with Gasteiger partial charge in [0.2, 0.25) is 5.91 Å². The Kier molecular flexibility index (Phi) is 3.55. The molecule has 1 amide bonds. The first-order valence-electron chi connectivity index (χ1n) is 4.44. The molecule has 5 nitrogen and oxygen atoms in total. The van der Waals surface area contributed by atoms with Crippen LogP contribution in [0.15, 0.2) is 12.1 Å². The van der Waals surface area contributed by atoms with Gasteiger partial charge >= 0.3 is 5.97 Å². The van der Waals surface area contributed by atoms with Crippen LogP contribution in [0.2, 0.25) is 0 Å². The van der Waals surface area contributed by atoms with Crippen molar-refractivity contribution in [2.24, 2.45) is 0 Å². The average molecular weight is 219 g/mol. The van der Waals surface area contributed by atoms with Crippen LogP contribution in [0.3, 0.4) is 0 Å². The second-order valence-corrected chi connectivity index (χ2v) is 3.13. The van der Waals surface area contributed by atoms with Crippen molar-refractivity contribution in [1.29, 1.82) is 0 Å². The summed E-state index contributed by atoms with van der Waals surface area (Å²) in [6.07, 6.45) is 0. The number of carbonyl (C=O) groups is 2. The van der Waals surface area contributed by atoms with Crippen LogP contribution in [0.5, 0.6) is 5.75 Å². The van der Waals surface area contributed by atoms with Gasteiger partial charge in [0, 0.05) is 6.92 Å². The zero-order chi connectivity index (χ0) is 12.3. The molecule has 1 rings (SSSR count). The van der Waals surface area contributed by atoms with E-state index < -0.39 is 5.97 Å². The highest BCUT2D eigenvalue weighted by atomic mass is 16.5. The fourth-order valence-electron chi connectivity index (χ4n) is 1.24. The molecule has 0 fully saturated rings. The predicted molar refractivity (Wildman–Crippen MR) is 59.6 cm³/mol. The van der Waals surface area contributed by atoms with Crippen LogP contribution >= 0.6 is 0 Å². The van der Waals surface area contributed by atoms with Crippen molar-refractivity contribution < 1.29 is 19.4 Å². The van der Waals surface area contributed by atoms with Crippen LogP contribution in [0, 0.1) is 0 Å². The molecule has 2 radical (unpaired) electrons. The highest BCUT2D eigenvalue weighted by molar-refractivity contribution is 6.35. The van der Waals surface area contributed by atoms with Gasteiger partial charge in [-0.2, -0.15) is 0 Å². The highest BCUT2D eigenvalue weighted by Gasteiger charge is 2.14. The molecule has 2 N–H and O–H groups in total. The summed E-state index contributed by atoms with van der Waals surface area (Å²) in [5, 5.41) is 11.3. The third-order valence-corrected chi connectivity index (χ3v) is 1.91. The van der Waals surface area contributed by atoms with E-state index in [2.05, 4.69) is 5.32 Å². The molecular formula is C10H10BNO4. The number of aromatic carboxylic acids is 1. The molecule has 0 aliphatic rings. The van der Waals surface area contributed by atoms with Crippen molar-refractivity contribution >= 4 is 30.9 Å². The highest BCUT2D eigenvalue weighted by Crippen LogP contribution is 2.19. The quantitative estimate of drug-likeness (QED) is 0.709. The van der Waals surface area contributed by atoms with Gasteiger partial charge in [-0.1, -0.05) is 5.46 Å². The van der Waals surface area contributed by atoms with Crippen molar-refractivity contribution in [3.05, 3.63) is 17.7 Å². The number of carboxylic acid groups (broad SMARTS) is 1. The number of benzene rings is 1. The molecule has 16 heavy (non-hydrogen) atoms. The molecule has 0 unspecified atom stereocenters. The number of methoxy groups -OCH3 is 1. The lowest BCUT2D eigenvalue weighted by Crippen LogP contribution is -2.16. The smallest absolute Gasteiger partial charge is 0.337 e. The molecular weight excluding hydrogens is 209 g/mol. The molecule has 0 aromatic heterocycles. The number of hydrogen-bond donors (Lipinski definition) is 2. The minimum atomic E-state index is -1.16. The van der Waals surface area contributed by atoms with E-state index in [1.54, 1.807) is 0 Å². The van der Waals surface area contributed by atoms with Gasteiger partial charge in [-0.15, -0.1) is 0 Å². The molecule has 6 heteroatoms. The minimum Gasteiger partial charge on any atom is -0.497 e. The maximum Gasteiger partial charge on any atom is 0.337 e. The summed E-state index contributed by atoms with van der Waals surface area (Å²) in [5.74, 6) is -1.28. The van der Waals surface area contributed by atoms with Gasteiger partial charge in [0.25, 0.3) is 0 Å². The summed E-state index contributed by atoms with van der Waals surface area (Å²) in [6, 6.07) is 2.62. The summed E-state index contributed by atoms with van der Waals surface area (Å²) < 4.78 is 4.89. The molecule has 1 aromatic carbocycles. The van der Waals surface area contributed by atoms with Gasteiger partial charge in [-0.05, 0) is 12.1 Å². The Hall–Kier alpha value is -1.98. The molecule has 82 valence electrons. The number of carbonyl (C=O) groups excluding carboxylic acids is 1. The van der Waals surface area contributed by atoms with E-state index >= 15 is 0 Å². The Labute approximate surface area is 93.8 Å². The Morgan fingerprint density at radius 1 is 1.44 bits per heavy atom. The van der Waals surface area contributed by atoms with E-state index in [9.17, 15) is 9.59 Å². The summed E-state index contributed by atoms with van der Waals surface area (Å²) in [6.45, 7) is 1.28. The third kappa shape index (κ3) is 2.53. The Balaban J connectivity index is 3.30. The first-order valence-corrected chi connectivity index (χ1v) is 4.44. The van der Waals surface area contributed by atoms with Crippen LogP contribution in [0.25, 0.3) is 0 Å². The number of ether oxygens (including phenoxy) is 1. The van der Waals surface area contributed by atoms with Gasteiger partial charge in [0.1, 0.15) is 13.6 Å². The molecule has 0 bridgehead atoms. The summed E-state index contributed by atoms with van der Waals surface area (Å²) in [5.41, 5.74) is 0.343. The summed E-state index contributed by atoms with van der Waals surface area (Å²) in [7, 11) is 6.99. The van der Waals surface area contributed by atoms with E-state index in [1.807, 2.05) is 0 Å². The van der Waals surface area contributed by atoms with Gasteiger partial charge in [0.05, 0.1) is 18.4 Å². The van der Waals surface area contributed by atoms with E-state index in [0.717, 1.165) is 0 Å². The fourth-order valence-corrected chi connectivity index (χ4v) is 1.24. The van der Waals surface area contributed by atoms with Crippen molar-refractivity contribution in [2.45, 2.75) is 6.92 Å². The van der Waals surface area contributed by atoms with Crippen LogP contribution in [0.1, 0.15) is 17.3 Å². The second kappa shape index (κ2) is 4.70. The monoisotopic (exact) mass is 219 g/mol. The number of carboxylic acids is 1. The lowest BCUT2D eigenvalue weighted by molar-refractivity contribution is -0.114. The molecule has 0 aliphatic carbocycles. The van der Waals surface area contributed by atoms with Crippen molar-refractivity contribution in [2.75, 3.05) is 12.4 Å². The number of nitrogens with one attached hydrogen (secondary N) is 1. The van der Waals surface area contributed by atoms with Crippen LogP contribution in [-0.2, 0) is 4.79 Å². The van der Waals surface area contributed by atoms with E-state index in [4.69, 9.17) is 17.7 Å². The van der Waals surface area contributed by atoms with Crippen molar-refractivity contribution in [3.63, 3.8) is 0 Å². The van der Waals surface area contributed by atoms with Crippen molar-refractivity contribution in [3.8, 4) is 5.75 Å². The number of hydrogen-bond acceptors (Lipinski definition) is 3. The Morgan fingerprint density at radius 2 is 2.06 bits per heavy atom. The van der Waals surface area contributed by atoms with Crippen LogP contribution < -0.4 is 15.5 Å². The normalized spacial score (nSPS) is 9.62. The average Bonchev–Trinajstić information content (AvgIpc) is 2.16. The molecule has 0 spiro atoms. The lowest BCUT2D eigenvalue weighted by atomic mass is 9.92. The minimum absolute atomic E-state index is 0.0683. The van der Waals surface area contributed by atoms with Crippen LogP contribution in [0.4, 0.5) is 5.69 Å². The molecule has 0 heterocycles. The predicted octanol–water partition coefficient (Wildman–Crippen LogP) is 0.146. The van der Waals surface area contributed by atoms with Gasteiger partial charge in [-0.25, -0.2) is 4.79 Å². The first-order chi connectivity index (χ1) is 7.45. The number of rotatable bonds is 3. The second-order valence-electron chi connectivity index (χ2n) is 3.13. The standard InChI is InChI=1S/C10H10BNO4/c1-5(13)12-8-4-7(11)9(16-2)3-6(8)10(14)15/h3-4H,1-2H3,(H,12,13)(H,14,15). The maximum atomic E-state index is 10.9. The Morgan fingerprint density at radius 3 is 2.50 bits per heavy atom. The van der Waals surface area contributed by atoms with E-state index in [0.29, 0.717) is 0 Å². The Bertz CT molecular complexity index is 445. The molecule has 0 atom stereocenters. The largest absolute Gasteiger partial charge is 0.497 e. The molecule has 0 aliphatic heterocycles. The third-order valence-electron chi connectivity index (χ3n) is 1.91. The summed E-state index contributed by atoms with van der Waals surface area (Å²) >= 11 is 0. The number of amides is 1. The topological polar surface area (TPSA) is 75.6 Å². The molecule has 0 saturated heterocycles. The van der Waals surface area contributed by atoms with Crippen LogP contribution in [-0.4, -0.2) is 31.9 Å². The molecule has 1 aromatic rings. The lowest BCUT2D eigenvalue weighted by Gasteiger charge is -2.11. The van der Waals surface area contributed by atoms with Gasteiger partial charge in [0.15, 0.2) is 0 Å². The van der Waals surface area contributed by atoms with Crippen molar-refractivity contribution in [1.82, 2.24) is 0 Å². The summed E-state index contributed by atoms with van der Waals surface area (Å²) in [4.78, 5) is 21.8. The first kappa shape index (κ1) is 12.1. The molecule has 0 saturated carbocycles. The van der Waals surface area contributed by atoms with Gasteiger partial charge < -0.3 is 15.2 Å². The zero-order valence-corrected chi connectivity index (χ0v) is 8.90. The SMILES string of the molecule is [B]c1cc(NC(C)=O)c(C(=O)O)cc1OC. The maximum absolute atomic E-state index is 10.9. The zero-order valence-electron chi connectivity index (χ0n) is 8.90. The number of anilines is 1. The van der Waals surface area contributed by atoms with E-state index in [1.165, 1.54) is 26.2 Å². The van der Waals surface area contributed by atoms with E-state index in [-0.39, 0.29) is 28.4 Å². The fraction of sp³-hybridized carbons (Fsp3) is 0.200.